The van der Waals surface area contributed by atoms with Crippen molar-refractivity contribution in [3.63, 3.8) is 0 Å². The summed E-state index contributed by atoms with van der Waals surface area (Å²) in [5.41, 5.74) is 1.72. The van der Waals surface area contributed by atoms with Crippen LogP contribution in [0.2, 0.25) is 5.15 Å². The zero-order valence-corrected chi connectivity index (χ0v) is 12.8. The normalized spacial score (nSPS) is 11.9. The summed E-state index contributed by atoms with van der Waals surface area (Å²) in [6.45, 7) is 3.90. The van der Waals surface area contributed by atoms with E-state index in [9.17, 15) is 4.79 Å². The molecule has 1 aromatic carbocycles. The zero-order valence-electron chi connectivity index (χ0n) is 11.3. The summed E-state index contributed by atoms with van der Waals surface area (Å²) >= 11 is 7.44. The Labute approximate surface area is 127 Å². The molecule has 3 nitrogen and oxygen atoms in total. The standard InChI is InChI=1S/C15H15ClN2OS/c1-10-5-3-6-12(9-10)20-11(2)15(19)18-13-7-4-8-17-14(13)16/h3-9,11H,1-2H3,(H,18,19). The molecule has 104 valence electrons. The summed E-state index contributed by atoms with van der Waals surface area (Å²) in [7, 11) is 0. The predicted octanol–water partition coefficient (Wildman–Crippen LogP) is 4.16. The van der Waals surface area contributed by atoms with Gasteiger partial charge in [-0.3, -0.25) is 4.79 Å². The van der Waals surface area contributed by atoms with Gasteiger partial charge in [0.2, 0.25) is 5.91 Å². The Morgan fingerprint density at radius 3 is 2.85 bits per heavy atom. The van der Waals surface area contributed by atoms with Gasteiger partial charge in [0.25, 0.3) is 0 Å². The Hall–Kier alpha value is -1.52. The van der Waals surface area contributed by atoms with E-state index in [-0.39, 0.29) is 11.2 Å². The molecule has 0 saturated carbocycles. The molecule has 20 heavy (non-hydrogen) atoms. The average Bonchev–Trinajstić information content (AvgIpc) is 2.41. The van der Waals surface area contributed by atoms with Gasteiger partial charge in [-0.1, -0.05) is 29.3 Å². The molecule has 2 aromatic rings. The van der Waals surface area contributed by atoms with E-state index in [2.05, 4.69) is 16.4 Å². The van der Waals surface area contributed by atoms with Crippen LogP contribution in [0.1, 0.15) is 12.5 Å². The minimum absolute atomic E-state index is 0.0913. The molecule has 0 aliphatic carbocycles. The number of halogens is 1. The number of pyridine rings is 1. The number of rotatable bonds is 4. The number of nitrogens with one attached hydrogen (secondary N) is 1. The number of aryl methyl sites for hydroxylation is 1. The van der Waals surface area contributed by atoms with Crippen molar-refractivity contribution < 1.29 is 4.79 Å². The Bertz CT molecular complexity index is 618. The van der Waals surface area contributed by atoms with Gasteiger partial charge in [0.05, 0.1) is 10.9 Å². The van der Waals surface area contributed by atoms with Gasteiger partial charge in [0.1, 0.15) is 0 Å². The number of anilines is 1. The Kier molecular flexibility index (Phi) is 5.04. The summed E-state index contributed by atoms with van der Waals surface area (Å²) in [6.07, 6.45) is 1.59. The lowest BCUT2D eigenvalue weighted by Gasteiger charge is -2.12. The molecule has 0 aliphatic heterocycles. The van der Waals surface area contributed by atoms with Crippen LogP contribution in [-0.4, -0.2) is 16.1 Å². The van der Waals surface area contributed by atoms with Gasteiger partial charge in [-0.05, 0) is 38.1 Å². The highest BCUT2D eigenvalue weighted by Gasteiger charge is 2.15. The molecule has 0 radical (unpaired) electrons. The van der Waals surface area contributed by atoms with Gasteiger partial charge in [-0.15, -0.1) is 11.8 Å². The topological polar surface area (TPSA) is 42.0 Å². The predicted molar refractivity (Wildman–Crippen MR) is 84.4 cm³/mol. The molecule has 5 heteroatoms. The average molecular weight is 307 g/mol. The van der Waals surface area contributed by atoms with Crippen LogP contribution >= 0.6 is 23.4 Å². The number of aromatic nitrogens is 1. The fraction of sp³-hybridized carbons (Fsp3) is 0.200. The van der Waals surface area contributed by atoms with E-state index < -0.39 is 0 Å². The number of amides is 1. The Morgan fingerprint density at radius 1 is 1.35 bits per heavy atom. The summed E-state index contributed by atoms with van der Waals surface area (Å²) in [5, 5.41) is 2.88. The van der Waals surface area contributed by atoms with Crippen molar-refractivity contribution in [2.75, 3.05) is 5.32 Å². The third-order valence-electron chi connectivity index (χ3n) is 2.69. The lowest BCUT2D eigenvalue weighted by Crippen LogP contribution is -2.22. The summed E-state index contributed by atoms with van der Waals surface area (Å²) in [4.78, 5) is 17.1. The van der Waals surface area contributed by atoms with E-state index in [1.165, 1.54) is 17.3 Å². The molecule has 0 fully saturated rings. The van der Waals surface area contributed by atoms with Crippen molar-refractivity contribution in [2.24, 2.45) is 0 Å². The maximum absolute atomic E-state index is 12.1. The minimum atomic E-state index is -0.215. The molecule has 1 N–H and O–H groups in total. The first kappa shape index (κ1) is 14.9. The number of nitrogens with zero attached hydrogens (tertiary/aromatic N) is 1. The second kappa shape index (κ2) is 6.77. The van der Waals surface area contributed by atoms with Gasteiger partial charge in [-0.2, -0.15) is 0 Å². The molecule has 1 unspecified atom stereocenters. The quantitative estimate of drug-likeness (QED) is 0.681. The summed E-state index contributed by atoms with van der Waals surface area (Å²) in [6, 6.07) is 11.5. The number of benzene rings is 1. The van der Waals surface area contributed by atoms with Gasteiger partial charge in [0.15, 0.2) is 5.15 Å². The Balaban J connectivity index is 2.01. The second-order valence-corrected chi connectivity index (χ2v) is 6.18. The zero-order chi connectivity index (χ0) is 14.5. The SMILES string of the molecule is Cc1cccc(SC(C)C(=O)Nc2cccnc2Cl)c1. The number of thioether (sulfide) groups is 1. The van der Waals surface area contributed by atoms with Crippen molar-refractivity contribution in [3.8, 4) is 0 Å². The molecule has 0 bridgehead atoms. The molecule has 1 amide bonds. The van der Waals surface area contributed by atoms with E-state index in [1.54, 1.807) is 18.3 Å². The molecule has 0 saturated heterocycles. The molecule has 2 rings (SSSR count). The van der Waals surface area contributed by atoms with Crippen molar-refractivity contribution in [2.45, 2.75) is 24.0 Å². The molecule has 1 aromatic heterocycles. The van der Waals surface area contributed by atoms with Crippen LogP contribution in [0.4, 0.5) is 5.69 Å². The highest BCUT2D eigenvalue weighted by atomic mass is 35.5. The first-order valence-corrected chi connectivity index (χ1v) is 7.47. The van der Waals surface area contributed by atoms with Gasteiger partial charge < -0.3 is 5.32 Å². The monoisotopic (exact) mass is 306 g/mol. The molecule has 1 atom stereocenters. The highest BCUT2D eigenvalue weighted by molar-refractivity contribution is 8.00. The minimum Gasteiger partial charge on any atom is -0.322 e. The van der Waals surface area contributed by atoms with Gasteiger partial charge in [-0.25, -0.2) is 4.98 Å². The molecule has 0 spiro atoms. The summed E-state index contributed by atoms with van der Waals surface area (Å²) < 4.78 is 0. The van der Waals surface area contributed by atoms with Gasteiger partial charge >= 0.3 is 0 Å². The number of hydrogen-bond donors (Lipinski definition) is 1. The van der Waals surface area contributed by atoms with E-state index in [0.717, 1.165) is 4.90 Å². The largest absolute Gasteiger partial charge is 0.322 e. The third kappa shape index (κ3) is 3.99. The van der Waals surface area contributed by atoms with Crippen LogP contribution in [0.5, 0.6) is 0 Å². The molecular formula is C15H15ClN2OS. The number of carbonyl (C=O) groups is 1. The number of carbonyl (C=O) groups excluding carboxylic acids is 1. The lowest BCUT2D eigenvalue weighted by molar-refractivity contribution is -0.115. The van der Waals surface area contributed by atoms with Crippen LogP contribution in [0.3, 0.4) is 0 Å². The van der Waals surface area contributed by atoms with Crippen LogP contribution in [-0.2, 0) is 4.79 Å². The van der Waals surface area contributed by atoms with E-state index in [0.29, 0.717) is 10.8 Å². The molecule has 0 aliphatic rings. The molecular weight excluding hydrogens is 292 g/mol. The van der Waals surface area contributed by atoms with Crippen molar-refractivity contribution in [1.29, 1.82) is 0 Å². The lowest BCUT2D eigenvalue weighted by atomic mass is 10.2. The van der Waals surface area contributed by atoms with Crippen LogP contribution < -0.4 is 5.32 Å². The fourth-order valence-electron chi connectivity index (χ4n) is 1.66. The fourth-order valence-corrected chi connectivity index (χ4v) is 2.81. The van der Waals surface area contributed by atoms with Crippen molar-refractivity contribution >= 4 is 35.0 Å². The maximum atomic E-state index is 12.1. The van der Waals surface area contributed by atoms with Crippen molar-refractivity contribution in [1.82, 2.24) is 4.98 Å². The van der Waals surface area contributed by atoms with Gasteiger partial charge in [0, 0.05) is 11.1 Å². The third-order valence-corrected chi connectivity index (χ3v) is 4.08. The van der Waals surface area contributed by atoms with E-state index in [1.807, 2.05) is 32.0 Å². The smallest absolute Gasteiger partial charge is 0.237 e. The summed E-state index contributed by atoms with van der Waals surface area (Å²) in [5.74, 6) is -0.0913. The number of hydrogen-bond acceptors (Lipinski definition) is 3. The van der Waals surface area contributed by atoms with E-state index >= 15 is 0 Å². The molecule has 1 heterocycles. The first-order valence-electron chi connectivity index (χ1n) is 6.21. The Morgan fingerprint density at radius 2 is 2.15 bits per heavy atom. The van der Waals surface area contributed by atoms with Crippen molar-refractivity contribution in [3.05, 3.63) is 53.3 Å². The van der Waals surface area contributed by atoms with Crippen LogP contribution in [0.15, 0.2) is 47.5 Å². The van der Waals surface area contributed by atoms with E-state index in [4.69, 9.17) is 11.6 Å². The van der Waals surface area contributed by atoms with Crippen LogP contribution in [0.25, 0.3) is 0 Å². The highest BCUT2D eigenvalue weighted by Crippen LogP contribution is 2.25. The second-order valence-electron chi connectivity index (χ2n) is 4.41. The first-order chi connectivity index (χ1) is 9.56. The maximum Gasteiger partial charge on any atom is 0.237 e. The van der Waals surface area contributed by atoms with Crippen LogP contribution in [0, 0.1) is 6.92 Å².